The molecule has 2 rings (SSSR count). The third-order valence-electron chi connectivity index (χ3n) is 2.14. The van der Waals surface area contributed by atoms with Crippen LogP contribution in [0.3, 0.4) is 0 Å². The lowest BCUT2D eigenvalue weighted by Crippen LogP contribution is -1.78. The summed E-state index contributed by atoms with van der Waals surface area (Å²) in [7, 11) is 0. The van der Waals surface area contributed by atoms with Gasteiger partial charge in [-0.05, 0) is 12.8 Å². The smallest absolute Gasteiger partial charge is 0.140 e. The van der Waals surface area contributed by atoms with Crippen molar-refractivity contribution in [1.29, 1.82) is 0 Å². The van der Waals surface area contributed by atoms with E-state index in [0.717, 1.165) is 0 Å². The van der Waals surface area contributed by atoms with E-state index < -0.39 is 0 Å². The molecule has 1 nitrogen and oxygen atoms in total. The summed E-state index contributed by atoms with van der Waals surface area (Å²) in [6.45, 7) is 0. The van der Waals surface area contributed by atoms with E-state index in [1.54, 1.807) is 0 Å². The molecule has 0 radical (unpaired) electrons. The largest absolute Gasteiger partial charge is 0.299 e. The first kappa shape index (κ1) is 3.65. The summed E-state index contributed by atoms with van der Waals surface area (Å²) >= 11 is 0. The molecule has 2 saturated carbocycles. The second-order valence-corrected chi connectivity index (χ2v) is 2.55. The Morgan fingerprint density at radius 1 is 1.29 bits per heavy atom. The van der Waals surface area contributed by atoms with Crippen molar-refractivity contribution >= 4 is 5.78 Å². The number of carbonyl (C=O) groups excluding carboxylic acids is 1. The molecule has 0 aromatic heterocycles. The SMILES string of the molecule is O=C1[C@H]2CCC[C@@H]12. The van der Waals surface area contributed by atoms with Gasteiger partial charge in [0.05, 0.1) is 0 Å². The second kappa shape index (κ2) is 0.908. The Labute approximate surface area is 42.7 Å². The van der Waals surface area contributed by atoms with Gasteiger partial charge in [-0.1, -0.05) is 6.42 Å². The Balaban J connectivity index is 2.19. The summed E-state index contributed by atoms with van der Waals surface area (Å²) < 4.78 is 0. The van der Waals surface area contributed by atoms with E-state index in [-0.39, 0.29) is 0 Å². The summed E-state index contributed by atoms with van der Waals surface area (Å²) in [6, 6.07) is 0. The summed E-state index contributed by atoms with van der Waals surface area (Å²) in [6.07, 6.45) is 3.70. The Morgan fingerprint density at radius 2 is 1.86 bits per heavy atom. The highest BCUT2D eigenvalue weighted by Crippen LogP contribution is 2.47. The lowest BCUT2D eigenvalue weighted by atomic mass is 10.2. The van der Waals surface area contributed by atoms with Crippen molar-refractivity contribution in [1.82, 2.24) is 0 Å². The first-order valence-electron chi connectivity index (χ1n) is 2.93. The van der Waals surface area contributed by atoms with Crippen molar-refractivity contribution in [3.8, 4) is 0 Å². The van der Waals surface area contributed by atoms with Crippen LogP contribution in [0, 0.1) is 11.8 Å². The van der Waals surface area contributed by atoms with Crippen LogP contribution in [0.5, 0.6) is 0 Å². The van der Waals surface area contributed by atoms with Gasteiger partial charge < -0.3 is 0 Å². The zero-order valence-electron chi connectivity index (χ0n) is 4.18. The summed E-state index contributed by atoms with van der Waals surface area (Å²) in [5, 5.41) is 0. The van der Waals surface area contributed by atoms with E-state index in [1.165, 1.54) is 19.3 Å². The molecule has 0 N–H and O–H groups in total. The molecule has 7 heavy (non-hydrogen) atoms. The third-order valence-corrected chi connectivity index (χ3v) is 2.14. The first-order chi connectivity index (χ1) is 3.39. The van der Waals surface area contributed by atoms with Gasteiger partial charge in [0.2, 0.25) is 0 Å². The maximum absolute atomic E-state index is 10.5. The lowest BCUT2D eigenvalue weighted by molar-refractivity contribution is -0.112. The molecule has 0 amide bonds. The highest BCUT2D eigenvalue weighted by Gasteiger charge is 2.51. The Hall–Kier alpha value is -0.330. The maximum atomic E-state index is 10.5. The van der Waals surface area contributed by atoms with Crippen LogP contribution in [-0.4, -0.2) is 5.78 Å². The average Bonchev–Trinajstić information content (AvgIpc) is 2.26. The number of carbonyl (C=O) groups is 1. The normalized spacial score (nSPS) is 46.6. The van der Waals surface area contributed by atoms with Gasteiger partial charge in [-0.3, -0.25) is 4.79 Å². The van der Waals surface area contributed by atoms with Gasteiger partial charge in [-0.2, -0.15) is 0 Å². The molecular weight excluding hydrogens is 88.1 g/mol. The van der Waals surface area contributed by atoms with Crippen molar-refractivity contribution in [3.05, 3.63) is 0 Å². The van der Waals surface area contributed by atoms with Gasteiger partial charge in [0, 0.05) is 11.8 Å². The van der Waals surface area contributed by atoms with Crippen molar-refractivity contribution in [3.63, 3.8) is 0 Å². The molecule has 0 heterocycles. The number of fused-ring (bicyclic) bond motifs is 1. The quantitative estimate of drug-likeness (QED) is 0.439. The Bertz CT molecular complexity index is 105. The van der Waals surface area contributed by atoms with Gasteiger partial charge in [0.25, 0.3) is 0 Å². The second-order valence-electron chi connectivity index (χ2n) is 2.55. The van der Waals surface area contributed by atoms with E-state index in [1.807, 2.05) is 0 Å². The van der Waals surface area contributed by atoms with Crippen LogP contribution in [0.2, 0.25) is 0 Å². The van der Waals surface area contributed by atoms with Crippen LogP contribution < -0.4 is 0 Å². The molecule has 2 aliphatic carbocycles. The van der Waals surface area contributed by atoms with Crippen LogP contribution in [0.4, 0.5) is 0 Å². The van der Waals surface area contributed by atoms with Gasteiger partial charge in [-0.25, -0.2) is 0 Å². The molecule has 0 aromatic rings. The van der Waals surface area contributed by atoms with Crippen molar-refractivity contribution < 1.29 is 4.79 Å². The highest BCUT2D eigenvalue weighted by molar-refractivity contribution is 5.99. The fraction of sp³-hybridized carbons (Fsp3) is 0.833. The number of hydrogen-bond donors (Lipinski definition) is 0. The van der Waals surface area contributed by atoms with Crippen molar-refractivity contribution in [2.24, 2.45) is 11.8 Å². The van der Waals surface area contributed by atoms with Crippen LogP contribution in [0.25, 0.3) is 0 Å². The fourth-order valence-electron chi connectivity index (χ4n) is 1.59. The molecule has 0 aliphatic heterocycles. The highest BCUT2D eigenvalue weighted by atomic mass is 16.1. The Morgan fingerprint density at radius 3 is 2.14 bits per heavy atom. The van der Waals surface area contributed by atoms with Gasteiger partial charge in [0.15, 0.2) is 0 Å². The fourth-order valence-corrected chi connectivity index (χ4v) is 1.59. The average molecular weight is 96.1 g/mol. The van der Waals surface area contributed by atoms with Gasteiger partial charge >= 0.3 is 0 Å². The summed E-state index contributed by atoms with van der Waals surface area (Å²) in [5.74, 6) is 1.63. The molecule has 38 valence electrons. The van der Waals surface area contributed by atoms with Crippen LogP contribution in [0.15, 0.2) is 0 Å². The molecule has 0 aromatic carbocycles. The molecule has 2 atom stereocenters. The minimum absolute atomic E-state index is 0.542. The van der Waals surface area contributed by atoms with Crippen LogP contribution in [-0.2, 0) is 4.79 Å². The molecule has 0 unspecified atom stereocenters. The topological polar surface area (TPSA) is 17.1 Å². The van der Waals surface area contributed by atoms with Crippen LogP contribution >= 0.6 is 0 Å². The maximum Gasteiger partial charge on any atom is 0.140 e. The molecular formula is C6H8O. The van der Waals surface area contributed by atoms with E-state index in [0.29, 0.717) is 17.6 Å². The third kappa shape index (κ3) is 0.311. The molecule has 2 aliphatic rings. The van der Waals surface area contributed by atoms with E-state index >= 15 is 0 Å². The molecule has 0 saturated heterocycles. The minimum atomic E-state index is 0.542. The number of Topliss-reactive ketones (excluding diaryl/α,β-unsaturated/α-hetero) is 1. The van der Waals surface area contributed by atoms with Gasteiger partial charge in [-0.15, -0.1) is 0 Å². The standard InChI is InChI=1S/C6H8O/c7-6-4-2-1-3-5(4)6/h4-5H,1-3H2/t4-,5+. The zero-order chi connectivity index (χ0) is 4.85. The van der Waals surface area contributed by atoms with Crippen LogP contribution in [0.1, 0.15) is 19.3 Å². The molecule has 0 spiro atoms. The summed E-state index contributed by atoms with van der Waals surface area (Å²) in [4.78, 5) is 10.5. The molecule has 1 heteroatoms. The molecule has 2 fully saturated rings. The first-order valence-corrected chi connectivity index (χ1v) is 2.93. The minimum Gasteiger partial charge on any atom is -0.299 e. The van der Waals surface area contributed by atoms with E-state index in [9.17, 15) is 4.79 Å². The number of ketones is 1. The predicted molar refractivity (Wildman–Crippen MR) is 25.8 cm³/mol. The van der Waals surface area contributed by atoms with Gasteiger partial charge in [0.1, 0.15) is 5.78 Å². The van der Waals surface area contributed by atoms with Crippen molar-refractivity contribution in [2.45, 2.75) is 19.3 Å². The van der Waals surface area contributed by atoms with E-state index in [4.69, 9.17) is 0 Å². The Kier molecular flexibility index (Phi) is 0.473. The zero-order valence-corrected chi connectivity index (χ0v) is 4.18. The van der Waals surface area contributed by atoms with E-state index in [2.05, 4.69) is 0 Å². The number of hydrogen-bond acceptors (Lipinski definition) is 1. The van der Waals surface area contributed by atoms with Crippen molar-refractivity contribution in [2.75, 3.05) is 0 Å². The predicted octanol–water partition coefficient (Wildman–Crippen LogP) is 0.985. The number of rotatable bonds is 0. The monoisotopic (exact) mass is 96.1 g/mol. The lowest BCUT2D eigenvalue weighted by Gasteiger charge is -1.81. The molecule has 0 bridgehead atoms. The summed E-state index contributed by atoms with van der Waals surface area (Å²) in [5.41, 5.74) is 0.